The van der Waals surface area contributed by atoms with Gasteiger partial charge in [-0.05, 0) is 18.2 Å². The van der Waals surface area contributed by atoms with Crippen molar-refractivity contribution in [3.63, 3.8) is 0 Å². The summed E-state index contributed by atoms with van der Waals surface area (Å²) < 4.78 is 41.4. The van der Waals surface area contributed by atoms with Gasteiger partial charge in [0.1, 0.15) is 5.75 Å². The number of hydrogen-bond acceptors (Lipinski definition) is 2. The quantitative estimate of drug-likeness (QED) is 0.911. The number of amides is 1. The summed E-state index contributed by atoms with van der Waals surface area (Å²) in [5, 5.41) is 1.72. The molecule has 7 heteroatoms. The molecule has 0 aromatic heterocycles. The molecule has 0 aliphatic rings. The summed E-state index contributed by atoms with van der Waals surface area (Å²) in [6.45, 7) is 0. The number of benzene rings is 1. The highest BCUT2D eigenvalue weighted by Crippen LogP contribution is 2.29. The molecule has 0 saturated carbocycles. The predicted molar refractivity (Wildman–Crippen MR) is 55.4 cm³/mol. The van der Waals surface area contributed by atoms with E-state index in [1.54, 1.807) is 11.4 Å². The summed E-state index contributed by atoms with van der Waals surface area (Å²) >= 11 is 3.08. The van der Waals surface area contributed by atoms with E-state index in [2.05, 4.69) is 15.9 Å². The number of alkyl halides is 3. The number of nitrogens with one attached hydrogen (secondary N) is 1. The average molecular weight is 298 g/mol. The van der Waals surface area contributed by atoms with Crippen LogP contribution in [0, 0.1) is 0 Å². The molecule has 1 aromatic carbocycles. The van der Waals surface area contributed by atoms with Crippen molar-refractivity contribution < 1.29 is 22.7 Å². The zero-order valence-corrected chi connectivity index (χ0v) is 9.65. The Morgan fingerprint density at radius 3 is 2.56 bits per heavy atom. The smallest absolute Gasteiger partial charge is 0.471 e. The molecule has 0 bridgehead atoms. The lowest BCUT2D eigenvalue weighted by Gasteiger charge is -2.11. The van der Waals surface area contributed by atoms with Gasteiger partial charge in [-0.2, -0.15) is 13.2 Å². The van der Waals surface area contributed by atoms with E-state index in [-0.39, 0.29) is 11.4 Å². The lowest BCUT2D eigenvalue weighted by atomic mass is 10.3. The first-order chi connectivity index (χ1) is 7.34. The monoisotopic (exact) mass is 297 g/mol. The molecule has 0 aliphatic carbocycles. The fourth-order valence-electron chi connectivity index (χ4n) is 0.971. The van der Waals surface area contributed by atoms with Crippen LogP contribution in [-0.2, 0) is 4.79 Å². The van der Waals surface area contributed by atoms with Crippen molar-refractivity contribution in [2.75, 3.05) is 12.4 Å². The van der Waals surface area contributed by atoms with Crippen molar-refractivity contribution in [2.24, 2.45) is 0 Å². The molecule has 0 aliphatic heterocycles. The maximum Gasteiger partial charge on any atom is 0.471 e. The van der Waals surface area contributed by atoms with Gasteiger partial charge < -0.3 is 10.1 Å². The lowest BCUT2D eigenvalue weighted by molar-refractivity contribution is -0.167. The van der Waals surface area contributed by atoms with Crippen molar-refractivity contribution in [3.05, 3.63) is 22.7 Å². The fraction of sp³-hybridized carbons (Fsp3) is 0.222. The third-order valence-corrected chi connectivity index (χ3v) is 2.16. The van der Waals surface area contributed by atoms with Gasteiger partial charge in [0.2, 0.25) is 0 Å². The van der Waals surface area contributed by atoms with Crippen molar-refractivity contribution >= 4 is 27.5 Å². The van der Waals surface area contributed by atoms with E-state index >= 15 is 0 Å². The average Bonchev–Trinajstić information content (AvgIpc) is 2.16. The van der Waals surface area contributed by atoms with Crippen LogP contribution < -0.4 is 10.1 Å². The van der Waals surface area contributed by atoms with Crippen LogP contribution in [0.2, 0.25) is 0 Å². The highest BCUT2D eigenvalue weighted by molar-refractivity contribution is 9.10. The summed E-state index contributed by atoms with van der Waals surface area (Å²) in [7, 11) is 1.30. The Morgan fingerprint density at radius 2 is 2.06 bits per heavy atom. The second-order valence-electron chi connectivity index (χ2n) is 2.80. The number of halogens is 4. The Kier molecular flexibility index (Phi) is 3.79. The number of methoxy groups -OCH3 is 1. The Balaban J connectivity index is 2.96. The van der Waals surface area contributed by atoms with Gasteiger partial charge in [-0.25, -0.2) is 0 Å². The van der Waals surface area contributed by atoms with Gasteiger partial charge in [0, 0.05) is 4.47 Å². The molecule has 0 fully saturated rings. The first kappa shape index (κ1) is 12.8. The van der Waals surface area contributed by atoms with Crippen LogP contribution in [0.25, 0.3) is 0 Å². The molecule has 0 spiro atoms. The maximum absolute atomic E-state index is 12.0. The number of carbonyl (C=O) groups excluding carboxylic acids is 1. The normalized spacial score (nSPS) is 11.1. The van der Waals surface area contributed by atoms with Gasteiger partial charge in [-0.3, -0.25) is 4.79 Å². The van der Waals surface area contributed by atoms with Crippen molar-refractivity contribution in [2.45, 2.75) is 6.18 Å². The summed E-state index contributed by atoms with van der Waals surface area (Å²) in [6.07, 6.45) is -4.92. The largest absolute Gasteiger partial charge is 0.495 e. The zero-order valence-electron chi connectivity index (χ0n) is 8.06. The van der Waals surface area contributed by atoms with E-state index < -0.39 is 12.1 Å². The molecule has 16 heavy (non-hydrogen) atoms. The molecule has 0 saturated heterocycles. The molecular formula is C9H7BrF3NO2. The van der Waals surface area contributed by atoms with Crippen LogP contribution in [-0.4, -0.2) is 19.2 Å². The van der Waals surface area contributed by atoms with Crippen LogP contribution in [0.15, 0.2) is 22.7 Å². The molecule has 1 N–H and O–H groups in total. The summed E-state index contributed by atoms with van der Waals surface area (Å²) in [4.78, 5) is 10.7. The number of rotatable bonds is 2. The predicted octanol–water partition coefficient (Wildman–Crippen LogP) is 2.96. The van der Waals surface area contributed by atoms with Gasteiger partial charge in [0.25, 0.3) is 0 Å². The van der Waals surface area contributed by atoms with Gasteiger partial charge in [0.05, 0.1) is 12.8 Å². The molecule has 0 radical (unpaired) electrons. The molecule has 1 aromatic rings. The van der Waals surface area contributed by atoms with Gasteiger partial charge in [-0.15, -0.1) is 0 Å². The molecule has 1 amide bonds. The summed E-state index contributed by atoms with van der Waals surface area (Å²) in [6, 6.07) is 4.35. The SMILES string of the molecule is COc1ccc(Br)cc1NC(=O)C(F)(F)F. The van der Waals surface area contributed by atoms with Crippen molar-refractivity contribution in [3.8, 4) is 5.75 Å². The molecule has 88 valence electrons. The highest BCUT2D eigenvalue weighted by atomic mass is 79.9. The molecule has 0 unspecified atom stereocenters. The number of ether oxygens (including phenoxy) is 1. The van der Waals surface area contributed by atoms with E-state index in [4.69, 9.17) is 4.74 Å². The minimum Gasteiger partial charge on any atom is -0.495 e. The Morgan fingerprint density at radius 1 is 1.44 bits per heavy atom. The first-order valence-corrected chi connectivity index (χ1v) is 4.85. The van der Waals surface area contributed by atoms with Gasteiger partial charge in [-0.1, -0.05) is 15.9 Å². The molecular weight excluding hydrogens is 291 g/mol. The summed E-state index contributed by atoms with van der Waals surface area (Å²) in [5.41, 5.74) is -0.0424. The molecule has 1 rings (SSSR count). The van der Waals surface area contributed by atoms with Crippen LogP contribution in [0.4, 0.5) is 18.9 Å². The van der Waals surface area contributed by atoms with E-state index in [1.807, 2.05) is 0 Å². The van der Waals surface area contributed by atoms with Gasteiger partial charge in [0.15, 0.2) is 0 Å². The van der Waals surface area contributed by atoms with Crippen LogP contribution in [0.3, 0.4) is 0 Å². The number of hydrogen-bond donors (Lipinski definition) is 1. The zero-order chi connectivity index (χ0) is 12.3. The minimum absolute atomic E-state index is 0.0424. The third kappa shape index (κ3) is 3.13. The number of anilines is 1. The van der Waals surface area contributed by atoms with Crippen molar-refractivity contribution in [1.29, 1.82) is 0 Å². The Hall–Kier alpha value is -1.24. The third-order valence-electron chi connectivity index (χ3n) is 1.67. The van der Waals surface area contributed by atoms with E-state index in [0.717, 1.165) is 0 Å². The van der Waals surface area contributed by atoms with E-state index in [1.165, 1.54) is 19.2 Å². The maximum atomic E-state index is 12.0. The molecule has 0 heterocycles. The number of carbonyl (C=O) groups is 1. The second kappa shape index (κ2) is 4.73. The lowest BCUT2D eigenvalue weighted by Crippen LogP contribution is -2.30. The first-order valence-electron chi connectivity index (χ1n) is 4.06. The Labute approximate surface area is 97.7 Å². The standard InChI is InChI=1S/C9H7BrF3NO2/c1-16-7-3-2-5(10)4-6(7)14-8(15)9(11,12)13/h2-4H,1H3,(H,14,15). The van der Waals surface area contributed by atoms with Crippen molar-refractivity contribution in [1.82, 2.24) is 0 Å². The van der Waals surface area contributed by atoms with Gasteiger partial charge >= 0.3 is 12.1 Å². The fourth-order valence-corrected chi connectivity index (χ4v) is 1.33. The highest BCUT2D eigenvalue weighted by Gasteiger charge is 2.39. The second-order valence-corrected chi connectivity index (χ2v) is 3.71. The topological polar surface area (TPSA) is 38.3 Å². The summed E-state index contributed by atoms with van der Waals surface area (Å²) in [5.74, 6) is -1.88. The van der Waals surface area contributed by atoms with E-state index in [0.29, 0.717) is 4.47 Å². The molecule has 0 atom stereocenters. The molecule has 3 nitrogen and oxygen atoms in total. The van der Waals surface area contributed by atoms with E-state index in [9.17, 15) is 18.0 Å². The Bertz CT molecular complexity index is 406. The van der Waals surface area contributed by atoms with Crippen LogP contribution in [0.5, 0.6) is 5.75 Å². The van der Waals surface area contributed by atoms with Crippen LogP contribution >= 0.6 is 15.9 Å². The van der Waals surface area contributed by atoms with Crippen LogP contribution in [0.1, 0.15) is 0 Å². The minimum atomic E-state index is -4.92.